The molecule has 0 radical (unpaired) electrons. The monoisotopic (exact) mass is 445 g/mol. The average molecular weight is 446 g/mol. The lowest BCUT2D eigenvalue weighted by Gasteiger charge is -2.20. The maximum absolute atomic E-state index is 12.5. The maximum Gasteiger partial charge on any atom is 0.234 e. The van der Waals surface area contributed by atoms with Gasteiger partial charge in [0.1, 0.15) is 0 Å². The minimum absolute atomic E-state index is 0.0838. The molecule has 2 aromatic carbocycles. The number of benzene rings is 2. The van der Waals surface area contributed by atoms with Crippen molar-refractivity contribution in [1.29, 1.82) is 0 Å². The number of anilines is 3. The summed E-state index contributed by atoms with van der Waals surface area (Å²) in [6, 6.07) is 20.1. The highest BCUT2D eigenvalue weighted by molar-refractivity contribution is 7.99. The lowest BCUT2D eigenvalue weighted by atomic mass is 10.2. The summed E-state index contributed by atoms with van der Waals surface area (Å²) in [5.41, 5.74) is 4.54. The quantitative estimate of drug-likeness (QED) is 0.404. The van der Waals surface area contributed by atoms with Crippen LogP contribution in [0.3, 0.4) is 0 Å². The van der Waals surface area contributed by atoms with Gasteiger partial charge in [0.2, 0.25) is 5.91 Å². The number of furan rings is 1. The van der Waals surface area contributed by atoms with Gasteiger partial charge in [0.15, 0.2) is 16.7 Å². The topological polar surface area (TPSA) is 76.2 Å². The van der Waals surface area contributed by atoms with Gasteiger partial charge < -0.3 is 14.6 Å². The van der Waals surface area contributed by atoms with Crippen molar-refractivity contribution in [3.05, 3.63) is 72.5 Å². The molecule has 0 spiro atoms. The van der Waals surface area contributed by atoms with Gasteiger partial charge in [-0.15, -0.1) is 10.2 Å². The van der Waals surface area contributed by atoms with E-state index in [-0.39, 0.29) is 11.7 Å². The smallest absolute Gasteiger partial charge is 0.234 e. The average Bonchev–Trinajstić information content (AvgIpc) is 3.57. The number of hydrogen-bond acceptors (Lipinski definition) is 6. The molecule has 5 rings (SSSR count). The molecule has 4 aromatic rings. The zero-order valence-electron chi connectivity index (χ0n) is 17.7. The van der Waals surface area contributed by atoms with Crippen LogP contribution in [0.1, 0.15) is 12.5 Å². The largest absolute Gasteiger partial charge is 0.461 e. The molecule has 0 aliphatic carbocycles. The van der Waals surface area contributed by atoms with Crippen molar-refractivity contribution in [2.24, 2.45) is 0 Å². The SMILES string of the molecule is CCn1c(SCC(=O)Nc2ccc(N3CCc4ccccc43)cc2)nnc1-c1ccco1. The van der Waals surface area contributed by atoms with Crippen LogP contribution < -0.4 is 10.2 Å². The Balaban J connectivity index is 1.20. The number of rotatable bonds is 7. The molecule has 162 valence electrons. The van der Waals surface area contributed by atoms with Crippen LogP contribution in [0.25, 0.3) is 11.6 Å². The molecule has 0 saturated heterocycles. The summed E-state index contributed by atoms with van der Waals surface area (Å²) in [4.78, 5) is 14.8. The standard InChI is InChI=1S/C24H23N5O2S/c1-2-28-23(21-8-5-15-31-21)26-27-24(28)32-16-22(30)25-18-9-11-19(12-10-18)29-14-13-17-6-3-4-7-20(17)29/h3-12,15H,2,13-14,16H2,1H3,(H,25,30). The van der Waals surface area contributed by atoms with Gasteiger partial charge in [0.05, 0.1) is 12.0 Å². The molecule has 0 atom stereocenters. The summed E-state index contributed by atoms with van der Waals surface area (Å²) >= 11 is 1.36. The van der Waals surface area contributed by atoms with Crippen molar-refractivity contribution in [3.63, 3.8) is 0 Å². The van der Waals surface area contributed by atoms with Crippen molar-refractivity contribution in [3.8, 4) is 11.6 Å². The second-order valence-electron chi connectivity index (χ2n) is 7.44. The molecule has 8 heteroatoms. The molecule has 1 aliphatic rings. The van der Waals surface area contributed by atoms with Crippen LogP contribution in [0.2, 0.25) is 0 Å². The molecule has 1 N–H and O–H groups in total. The summed E-state index contributed by atoms with van der Waals surface area (Å²) in [7, 11) is 0. The number of carbonyl (C=O) groups is 1. The Labute approximate surface area is 190 Å². The van der Waals surface area contributed by atoms with Gasteiger partial charge in [-0.1, -0.05) is 30.0 Å². The van der Waals surface area contributed by atoms with Gasteiger partial charge in [0.25, 0.3) is 0 Å². The third-order valence-electron chi connectivity index (χ3n) is 5.46. The van der Waals surface area contributed by atoms with Crippen LogP contribution >= 0.6 is 11.8 Å². The van der Waals surface area contributed by atoms with Gasteiger partial charge in [-0.3, -0.25) is 9.36 Å². The van der Waals surface area contributed by atoms with Crippen molar-refractivity contribution in [1.82, 2.24) is 14.8 Å². The summed E-state index contributed by atoms with van der Waals surface area (Å²) in [6.45, 7) is 3.67. The van der Waals surface area contributed by atoms with E-state index in [4.69, 9.17) is 4.42 Å². The fourth-order valence-corrected chi connectivity index (χ4v) is 4.73. The molecule has 32 heavy (non-hydrogen) atoms. The number of para-hydroxylation sites is 1. The Hall–Kier alpha value is -3.52. The number of nitrogens with zero attached hydrogens (tertiary/aromatic N) is 4. The summed E-state index contributed by atoms with van der Waals surface area (Å²) in [5, 5.41) is 12.1. The molecule has 2 aromatic heterocycles. The van der Waals surface area contributed by atoms with Crippen LogP contribution in [0.4, 0.5) is 17.1 Å². The van der Waals surface area contributed by atoms with Gasteiger partial charge in [-0.05, 0) is 61.4 Å². The first-order chi connectivity index (χ1) is 15.7. The maximum atomic E-state index is 12.5. The van der Waals surface area contributed by atoms with Gasteiger partial charge >= 0.3 is 0 Å². The highest BCUT2D eigenvalue weighted by Crippen LogP contribution is 2.34. The van der Waals surface area contributed by atoms with Crippen LogP contribution in [-0.4, -0.2) is 33.0 Å². The molecule has 3 heterocycles. The predicted octanol–water partition coefficient (Wildman–Crippen LogP) is 4.98. The first-order valence-corrected chi connectivity index (χ1v) is 11.6. The van der Waals surface area contributed by atoms with Crippen LogP contribution in [0, 0.1) is 0 Å². The fraction of sp³-hybridized carbons (Fsp3) is 0.208. The lowest BCUT2D eigenvalue weighted by molar-refractivity contribution is -0.113. The number of amides is 1. The second kappa shape index (κ2) is 8.92. The molecular formula is C24H23N5O2S. The Morgan fingerprint density at radius 2 is 1.94 bits per heavy atom. The minimum Gasteiger partial charge on any atom is -0.461 e. The van der Waals surface area contributed by atoms with Gasteiger partial charge in [0, 0.05) is 30.2 Å². The predicted molar refractivity (Wildman–Crippen MR) is 126 cm³/mol. The van der Waals surface area contributed by atoms with Crippen molar-refractivity contribution in [2.75, 3.05) is 22.5 Å². The van der Waals surface area contributed by atoms with E-state index >= 15 is 0 Å². The Bertz CT molecular complexity index is 1220. The summed E-state index contributed by atoms with van der Waals surface area (Å²) in [5.74, 6) is 1.49. The third kappa shape index (κ3) is 4.01. The van der Waals surface area contributed by atoms with Crippen LogP contribution in [-0.2, 0) is 17.8 Å². The van der Waals surface area contributed by atoms with E-state index in [2.05, 4.69) is 44.7 Å². The first-order valence-electron chi connectivity index (χ1n) is 10.6. The summed E-state index contributed by atoms with van der Waals surface area (Å²) in [6.07, 6.45) is 2.66. The molecule has 7 nitrogen and oxygen atoms in total. The minimum atomic E-state index is -0.0838. The van der Waals surface area contributed by atoms with E-state index in [9.17, 15) is 4.79 Å². The highest BCUT2D eigenvalue weighted by Gasteiger charge is 2.20. The fourth-order valence-electron chi connectivity index (χ4n) is 3.93. The van der Waals surface area contributed by atoms with Gasteiger partial charge in [-0.25, -0.2) is 0 Å². The van der Waals surface area contributed by atoms with Gasteiger partial charge in [-0.2, -0.15) is 0 Å². The molecule has 0 saturated carbocycles. The van der Waals surface area contributed by atoms with E-state index < -0.39 is 0 Å². The highest BCUT2D eigenvalue weighted by atomic mass is 32.2. The lowest BCUT2D eigenvalue weighted by Crippen LogP contribution is -2.15. The number of carbonyl (C=O) groups excluding carboxylic acids is 1. The second-order valence-corrected chi connectivity index (χ2v) is 8.38. The Morgan fingerprint density at radius 3 is 2.72 bits per heavy atom. The molecule has 0 fully saturated rings. The number of fused-ring (bicyclic) bond motifs is 1. The zero-order chi connectivity index (χ0) is 21.9. The summed E-state index contributed by atoms with van der Waals surface area (Å²) < 4.78 is 7.37. The number of aromatic nitrogens is 3. The van der Waals surface area contributed by atoms with E-state index in [1.54, 1.807) is 6.26 Å². The van der Waals surface area contributed by atoms with Crippen molar-refractivity contribution >= 4 is 34.7 Å². The molecule has 0 unspecified atom stereocenters. The first kappa shape index (κ1) is 20.4. The molecule has 0 bridgehead atoms. The number of hydrogen-bond donors (Lipinski definition) is 1. The molecular weight excluding hydrogens is 422 g/mol. The van der Waals surface area contributed by atoms with Crippen molar-refractivity contribution in [2.45, 2.75) is 25.0 Å². The number of nitrogens with one attached hydrogen (secondary N) is 1. The van der Waals surface area contributed by atoms with E-state index in [0.29, 0.717) is 23.3 Å². The van der Waals surface area contributed by atoms with Crippen molar-refractivity contribution < 1.29 is 9.21 Å². The van der Waals surface area contributed by atoms with E-state index in [0.717, 1.165) is 24.3 Å². The normalized spacial score (nSPS) is 12.7. The third-order valence-corrected chi connectivity index (χ3v) is 6.42. The Kier molecular flexibility index (Phi) is 5.68. The number of thioether (sulfide) groups is 1. The van der Waals surface area contributed by atoms with E-state index in [1.807, 2.05) is 47.9 Å². The molecule has 1 amide bonds. The van der Waals surface area contributed by atoms with Crippen LogP contribution in [0.5, 0.6) is 0 Å². The zero-order valence-corrected chi connectivity index (χ0v) is 18.5. The Morgan fingerprint density at radius 1 is 1.09 bits per heavy atom. The molecule has 1 aliphatic heterocycles. The van der Waals surface area contributed by atoms with E-state index in [1.165, 1.54) is 23.0 Å². The van der Waals surface area contributed by atoms with Crippen LogP contribution in [0.15, 0.2) is 76.5 Å².